The second-order valence-electron chi connectivity index (χ2n) is 16.0. The zero-order valence-electron chi connectivity index (χ0n) is 34.9. The van der Waals surface area contributed by atoms with Gasteiger partial charge in [0, 0.05) is 38.9 Å². The molecule has 0 atom stereocenters. The molecule has 65 heavy (non-hydrogen) atoms. The summed E-state index contributed by atoms with van der Waals surface area (Å²) >= 11 is 0. The first-order valence-electron chi connectivity index (χ1n) is 21.4. The number of halogens is 1. The van der Waals surface area contributed by atoms with E-state index in [4.69, 9.17) is 26.3 Å². The van der Waals surface area contributed by atoms with Crippen LogP contribution in [0.25, 0.3) is 83.5 Å². The number of fused-ring (bicyclic) bond motifs is 3. The molecule has 11 rings (SSSR count). The Morgan fingerprint density at radius 2 is 0.877 bits per heavy atom. The van der Waals surface area contributed by atoms with E-state index in [0.29, 0.717) is 40.0 Å². The van der Waals surface area contributed by atoms with Gasteiger partial charge in [-0.25, -0.2) is 24.2 Å². The summed E-state index contributed by atoms with van der Waals surface area (Å²) in [4.78, 5) is 18.7. The molecule has 5 nitrogen and oxygen atoms in total. The van der Waals surface area contributed by atoms with E-state index < -0.39 is 11.4 Å². The van der Waals surface area contributed by atoms with Crippen LogP contribution >= 0.6 is 0 Å². The Morgan fingerprint density at radius 1 is 0.385 bits per heavy atom. The fourth-order valence-corrected chi connectivity index (χ4v) is 8.88. The standard InChI is InChI=1S/C59H37FN4O/c1-61-51-24-14-18-43(37-51)42-17-13-19-45(33-42)57-62-56(41-29-27-40(28-30-41)39-15-5-2-6-16-39)63-58(64-57)47-34-46(35-50(60)36-47)44-31-32-53-52-25-11-12-26-54(52)59(65-55(53)38-44,48-20-7-3-8-21-48)49-22-9-4-10-23-49/h2-38H. The first-order valence-corrected chi connectivity index (χ1v) is 21.4. The van der Waals surface area contributed by atoms with Crippen LogP contribution in [0, 0.1) is 12.4 Å². The molecule has 0 fully saturated rings. The molecule has 6 heteroatoms. The van der Waals surface area contributed by atoms with Gasteiger partial charge in [0.1, 0.15) is 11.6 Å². The van der Waals surface area contributed by atoms with E-state index in [1.165, 1.54) is 12.1 Å². The highest BCUT2D eigenvalue weighted by Crippen LogP contribution is 2.52. The van der Waals surface area contributed by atoms with Crippen LogP contribution in [0.3, 0.4) is 0 Å². The Bertz CT molecular complexity index is 3380. The summed E-state index contributed by atoms with van der Waals surface area (Å²) in [5.74, 6) is 1.47. The maximum absolute atomic E-state index is 16.1. The molecular formula is C59H37FN4O. The summed E-state index contributed by atoms with van der Waals surface area (Å²) in [5.41, 5.74) is 12.1. The highest BCUT2D eigenvalue weighted by Gasteiger charge is 2.44. The van der Waals surface area contributed by atoms with Gasteiger partial charge in [-0.3, -0.25) is 0 Å². The topological polar surface area (TPSA) is 52.3 Å². The molecule has 2 heterocycles. The number of rotatable bonds is 8. The third kappa shape index (κ3) is 7.31. The first-order chi connectivity index (χ1) is 32.0. The number of benzene rings is 9. The summed E-state index contributed by atoms with van der Waals surface area (Å²) in [5, 5.41) is 0. The van der Waals surface area contributed by atoms with Crippen LogP contribution < -0.4 is 4.74 Å². The average molecular weight is 837 g/mol. The Morgan fingerprint density at radius 3 is 1.58 bits per heavy atom. The molecule has 0 amide bonds. The van der Waals surface area contributed by atoms with Crippen LogP contribution in [-0.2, 0) is 5.60 Å². The molecule has 0 spiro atoms. The molecule has 1 aliphatic rings. The molecular weight excluding hydrogens is 800 g/mol. The van der Waals surface area contributed by atoms with E-state index in [1.807, 2.05) is 127 Å². The lowest BCUT2D eigenvalue weighted by Crippen LogP contribution is -2.38. The van der Waals surface area contributed by atoms with Gasteiger partial charge < -0.3 is 4.74 Å². The largest absolute Gasteiger partial charge is 0.472 e. The van der Waals surface area contributed by atoms with Gasteiger partial charge >= 0.3 is 0 Å². The summed E-state index contributed by atoms with van der Waals surface area (Å²) in [6, 6.07) is 73.8. The molecule has 0 N–H and O–H groups in total. The van der Waals surface area contributed by atoms with E-state index in [9.17, 15) is 0 Å². The van der Waals surface area contributed by atoms with Crippen LogP contribution in [-0.4, -0.2) is 15.0 Å². The van der Waals surface area contributed by atoms with Crippen molar-refractivity contribution in [1.29, 1.82) is 0 Å². The second-order valence-corrected chi connectivity index (χ2v) is 16.0. The van der Waals surface area contributed by atoms with E-state index in [2.05, 4.69) is 83.7 Å². The molecule has 1 aliphatic heterocycles. The van der Waals surface area contributed by atoms with Gasteiger partial charge in [-0.05, 0) is 75.3 Å². The van der Waals surface area contributed by atoms with Gasteiger partial charge in [-0.1, -0.05) is 188 Å². The smallest absolute Gasteiger partial charge is 0.187 e. The van der Waals surface area contributed by atoms with Crippen LogP contribution in [0.4, 0.5) is 10.1 Å². The monoisotopic (exact) mass is 836 g/mol. The Hall–Kier alpha value is -8.79. The van der Waals surface area contributed by atoms with Gasteiger partial charge in [0.15, 0.2) is 28.8 Å². The minimum atomic E-state index is -0.939. The highest BCUT2D eigenvalue weighted by atomic mass is 19.1. The number of aromatic nitrogens is 3. The quantitative estimate of drug-likeness (QED) is 0.143. The van der Waals surface area contributed by atoms with Crippen molar-refractivity contribution in [3.05, 3.63) is 258 Å². The van der Waals surface area contributed by atoms with Crippen LogP contribution in [0.2, 0.25) is 0 Å². The molecule has 10 aromatic rings. The fraction of sp³-hybridized carbons (Fsp3) is 0.0169. The zero-order chi connectivity index (χ0) is 43.7. The number of hydrogen-bond acceptors (Lipinski definition) is 4. The average Bonchev–Trinajstić information content (AvgIpc) is 3.38. The summed E-state index contributed by atoms with van der Waals surface area (Å²) < 4.78 is 23.4. The van der Waals surface area contributed by atoms with Crippen molar-refractivity contribution in [3.63, 3.8) is 0 Å². The van der Waals surface area contributed by atoms with Crippen LogP contribution in [0.15, 0.2) is 224 Å². The van der Waals surface area contributed by atoms with E-state index >= 15 is 4.39 Å². The second kappa shape index (κ2) is 16.5. The van der Waals surface area contributed by atoms with Crippen molar-refractivity contribution in [1.82, 2.24) is 15.0 Å². The fourth-order valence-electron chi connectivity index (χ4n) is 8.88. The first kappa shape index (κ1) is 39.1. The third-order valence-electron chi connectivity index (χ3n) is 12.0. The normalized spacial score (nSPS) is 12.3. The molecule has 0 saturated heterocycles. The van der Waals surface area contributed by atoms with Crippen LogP contribution in [0.1, 0.15) is 16.7 Å². The number of nitrogens with zero attached hydrogens (tertiary/aromatic N) is 4. The maximum atomic E-state index is 16.1. The molecule has 0 radical (unpaired) electrons. The summed E-state index contributed by atoms with van der Waals surface area (Å²) in [6.45, 7) is 7.55. The molecule has 0 saturated carbocycles. The number of hydrogen-bond donors (Lipinski definition) is 0. The van der Waals surface area contributed by atoms with Crippen molar-refractivity contribution in [2.45, 2.75) is 5.60 Å². The zero-order valence-corrected chi connectivity index (χ0v) is 34.9. The van der Waals surface area contributed by atoms with E-state index in [1.54, 1.807) is 6.07 Å². The van der Waals surface area contributed by atoms with Crippen molar-refractivity contribution in [2.24, 2.45) is 0 Å². The summed E-state index contributed by atoms with van der Waals surface area (Å²) in [7, 11) is 0. The SMILES string of the molecule is [C-]#[N+]c1cccc(-c2cccc(-c3nc(-c4ccc(-c5ccccc5)cc4)nc(-c4cc(F)cc(-c5ccc6c(c5)OC(c5ccccc5)(c5ccccc5)c5ccccc5-6)c4)n3)c2)c1. The van der Waals surface area contributed by atoms with Crippen molar-refractivity contribution >= 4 is 5.69 Å². The molecule has 0 bridgehead atoms. The predicted molar refractivity (Wildman–Crippen MR) is 257 cm³/mol. The van der Waals surface area contributed by atoms with Gasteiger partial charge in [0.2, 0.25) is 0 Å². The lowest BCUT2D eigenvalue weighted by atomic mass is 9.75. The summed E-state index contributed by atoms with van der Waals surface area (Å²) in [6.07, 6.45) is 0. The van der Waals surface area contributed by atoms with Crippen LogP contribution in [0.5, 0.6) is 5.75 Å². The molecule has 1 aromatic heterocycles. The van der Waals surface area contributed by atoms with E-state index in [-0.39, 0.29) is 0 Å². The minimum absolute atomic E-state index is 0.327. The molecule has 0 aliphatic carbocycles. The molecule has 0 unspecified atom stereocenters. The van der Waals surface area contributed by atoms with Crippen molar-refractivity contribution in [2.75, 3.05) is 0 Å². The number of ether oxygens (including phenoxy) is 1. The molecule has 9 aromatic carbocycles. The molecule has 306 valence electrons. The van der Waals surface area contributed by atoms with Gasteiger partial charge in [-0.2, -0.15) is 0 Å². The van der Waals surface area contributed by atoms with Gasteiger partial charge in [0.05, 0.1) is 6.57 Å². The maximum Gasteiger partial charge on any atom is 0.187 e. The van der Waals surface area contributed by atoms with Crippen molar-refractivity contribution in [3.8, 4) is 84.4 Å². The Labute approximate surface area is 376 Å². The van der Waals surface area contributed by atoms with Crippen molar-refractivity contribution < 1.29 is 9.13 Å². The Balaban J connectivity index is 1.04. The van der Waals surface area contributed by atoms with E-state index in [0.717, 1.165) is 66.8 Å². The predicted octanol–water partition coefficient (Wildman–Crippen LogP) is 14.9. The minimum Gasteiger partial charge on any atom is -0.472 e. The lowest BCUT2D eigenvalue weighted by molar-refractivity contribution is 0.152. The van der Waals surface area contributed by atoms with Gasteiger partial charge in [-0.15, -0.1) is 0 Å². The third-order valence-corrected chi connectivity index (χ3v) is 12.0. The Kier molecular flexibility index (Phi) is 9.91. The highest BCUT2D eigenvalue weighted by molar-refractivity contribution is 5.83. The lowest BCUT2D eigenvalue weighted by Gasteiger charge is -2.41. The van der Waals surface area contributed by atoms with Gasteiger partial charge in [0.25, 0.3) is 0 Å².